The number of furan rings is 1. The molecule has 0 saturated carbocycles. The molecule has 2 aliphatic rings. The smallest absolute Gasteiger partial charge is 0.197 e. The fourth-order valence-electron chi connectivity index (χ4n) is 10.5. The van der Waals surface area contributed by atoms with Crippen LogP contribution in [0.25, 0.3) is 91.9 Å². The second-order valence-corrected chi connectivity index (χ2v) is 19.5. The van der Waals surface area contributed by atoms with Crippen molar-refractivity contribution in [3.63, 3.8) is 0 Å². The van der Waals surface area contributed by atoms with E-state index < -0.39 is 0 Å². The summed E-state index contributed by atoms with van der Waals surface area (Å²) < 4.78 is 11.7. The summed E-state index contributed by atoms with van der Waals surface area (Å²) >= 11 is 1.88. The molecule has 3 nitrogen and oxygen atoms in total. The third-order valence-corrected chi connectivity index (χ3v) is 14.7. The third kappa shape index (κ3) is 4.67. The monoisotopic (exact) mass is 787 g/mol. The molecule has 13 rings (SSSR count). The number of benzene rings is 8. The van der Waals surface area contributed by atoms with E-state index in [9.17, 15) is 0 Å². The minimum Gasteiger partial charge on any atom is -0.456 e. The predicted molar refractivity (Wildman–Crippen MR) is 257 cm³/mol. The van der Waals surface area contributed by atoms with Gasteiger partial charge in [0.2, 0.25) is 0 Å². The van der Waals surface area contributed by atoms with E-state index in [2.05, 4.69) is 197 Å². The highest BCUT2D eigenvalue weighted by Gasteiger charge is 2.37. The van der Waals surface area contributed by atoms with Crippen LogP contribution in [0, 0.1) is 0 Å². The van der Waals surface area contributed by atoms with Crippen molar-refractivity contribution in [1.82, 2.24) is 4.57 Å². The number of fused-ring (bicyclic) bond motifs is 14. The molecule has 285 valence electrons. The highest BCUT2D eigenvalue weighted by molar-refractivity contribution is 7.25. The van der Waals surface area contributed by atoms with Crippen LogP contribution in [0.15, 0.2) is 150 Å². The molecule has 60 heavy (non-hydrogen) atoms. The van der Waals surface area contributed by atoms with E-state index in [1.54, 1.807) is 0 Å². The maximum atomic E-state index is 6.55. The molecule has 0 unspecified atom stereocenters. The molecule has 5 heteroatoms. The summed E-state index contributed by atoms with van der Waals surface area (Å²) in [7, 11) is 2.44. The van der Waals surface area contributed by atoms with E-state index in [-0.39, 0.29) is 10.8 Å². The number of rotatable bonds is 3. The van der Waals surface area contributed by atoms with Crippen molar-refractivity contribution in [2.24, 2.45) is 0 Å². The van der Waals surface area contributed by atoms with E-state index >= 15 is 0 Å². The van der Waals surface area contributed by atoms with E-state index in [4.69, 9.17) is 4.42 Å². The molecule has 0 bridgehead atoms. The Morgan fingerprint density at radius 3 is 2.22 bits per heavy atom. The molecule has 3 aromatic heterocycles. The summed E-state index contributed by atoms with van der Waals surface area (Å²) in [6.45, 7) is 11.6. The molecule has 1 aliphatic carbocycles. The zero-order valence-electron chi connectivity index (χ0n) is 34.2. The van der Waals surface area contributed by atoms with E-state index in [1.807, 2.05) is 11.3 Å². The fourth-order valence-corrected chi connectivity index (χ4v) is 11.6. The third-order valence-electron chi connectivity index (χ3n) is 13.6. The molecule has 0 atom stereocenters. The first-order valence-electron chi connectivity index (χ1n) is 21.0. The average molecular weight is 788 g/mol. The zero-order chi connectivity index (χ0) is 40.2. The first-order chi connectivity index (χ1) is 29.1. The average Bonchev–Trinajstić information content (AvgIpc) is 3.96. The Labute approximate surface area is 353 Å². The van der Waals surface area contributed by atoms with Crippen LogP contribution >= 0.6 is 11.3 Å². The maximum Gasteiger partial charge on any atom is 0.197 e. The summed E-state index contributed by atoms with van der Waals surface area (Å²) in [6.07, 6.45) is 0. The Kier molecular flexibility index (Phi) is 6.75. The van der Waals surface area contributed by atoms with Gasteiger partial charge in [0.05, 0.1) is 5.52 Å². The normalized spacial score (nSPS) is 14.0. The van der Waals surface area contributed by atoms with Crippen molar-refractivity contribution in [2.45, 2.75) is 45.4 Å². The fraction of sp³-hybridized carbons (Fsp3) is 0.127. The lowest BCUT2D eigenvalue weighted by Crippen LogP contribution is -2.37. The Bertz CT molecular complexity index is 3670. The number of para-hydroxylation sites is 1. The number of hydrogen-bond donors (Lipinski definition) is 1. The Morgan fingerprint density at radius 1 is 0.583 bits per heavy atom. The summed E-state index contributed by atoms with van der Waals surface area (Å²) in [5.41, 5.74) is 19.0. The molecule has 8 aromatic carbocycles. The lowest BCUT2D eigenvalue weighted by atomic mass is 9.59. The standard InChI is InChI=1S/C55H40BN2OS/c1-54(2,3)30-18-20-31(21-19-30)57-45-28-43-37(32-12-6-9-15-42(32)55(43,4)5)24-38(45)35-22-23-36-39-27-51-41(34-14-8-11-17-50(34)60-51)26-46(39)58-47-29-49-40(25-44(47)56-52(35)53(36)58)33-13-7-10-16-48(33)59-49/h6-29,57H,1-5H3. The van der Waals surface area contributed by atoms with Crippen molar-refractivity contribution in [2.75, 3.05) is 5.32 Å². The van der Waals surface area contributed by atoms with Crippen LogP contribution in [0.4, 0.5) is 11.4 Å². The molecule has 0 amide bonds. The van der Waals surface area contributed by atoms with E-state index in [0.29, 0.717) is 0 Å². The van der Waals surface area contributed by atoms with Crippen LogP contribution in [-0.2, 0) is 10.8 Å². The molecular weight excluding hydrogens is 747 g/mol. The first-order valence-corrected chi connectivity index (χ1v) is 21.8. The number of nitrogens with one attached hydrogen (secondary N) is 1. The van der Waals surface area contributed by atoms with Gasteiger partial charge in [-0.05, 0) is 92.8 Å². The van der Waals surface area contributed by atoms with Gasteiger partial charge in [0.25, 0.3) is 0 Å². The van der Waals surface area contributed by atoms with E-state index in [0.717, 1.165) is 39.0 Å². The van der Waals surface area contributed by atoms with Gasteiger partial charge in [-0.1, -0.05) is 131 Å². The molecule has 0 spiro atoms. The van der Waals surface area contributed by atoms with Crippen molar-refractivity contribution < 1.29 is 4.42 Å². The second kappa shape index (κ2) is 11.8. The highest BCUT2D eigenvalue weighted by atomic mass is 32.1. The minimum absolute atomic E-state index is 0.0757. The number of aromatic nitrogens is 1. The summed E-state index contributed by atoms with van der Waals surface area (Å²) in [6, 6.07) is 54.3. The Morgan fingerprint density at radius 2 is 1.37 bits per heavy atom. The Hall–Kier alpha value is -6.56. The molecule has 0 saturated heterocycles. The van der Waals surface area contributed by atoms with Crippen LogP contribution < -0.4 is 16.2 Å². The molecule has 1 aliphatic heterocycles. The second-order valence-electron chi connectivity index (χ2n) is 18.4. The van der Waals surface area contributed by atoms with Gasteiger partial charge in [-0.3, -0.25) is 0 Å². The molecule has 0 fully saturated rings. The number of hydrogen-bond acceptors (Lipinski definition) is 3. The lowest BCUT2D eigenvalue weighted by Gasteiger charge is -2.26. The van der Waals surface area contributed by atoms with Crippen molar-refractivity contribution >= 4 is 105 Å². The number of thiophene rings is 1. The van der Waals surface area contributed by atoms with Crippen LogP contribution in [0.2, 0.25) is 0 Å². The molecule has 1 radical (unpaired) electrons. The van der Waals surface area contributed by atoms with Gasteiger partial charge in [0.1, 0.15) is 11.2 Å². The van der Waals surface area contributed by atoms with Gasteiger partial charge in [0.15, 0.2) is 7.28 Å². The largest absolute Gasteiger partial charge is 0.456 e. The maximum absolute atomic E-state index is 6.55. The summed E-state index contributed by atoms with van der Waals surface area (Å²) in [5, 5.41) is 11.4. The first kappa shape index (κ1) is 34.3. The van der Waals surface area contributed by atoms with Crippen molar-refractivity contribution in [3.05, 3.63) is 162 Å². The van der Waals surface area contributed by atoms with Gasteiger partial charge in [-0.2, -0.15) is 0 Å². The van der Waals surface area contributed by atoms with Gasteiger partial charge in [0, 0.05) is 81.3 Å². The van der Waals surface area contributed by atoms with Crippen molar-refractivity contribution in [3.8, 4) is 27.9 Å². The van der Waals surface area contributed by atoms with Crippen LogP contribution in [0.5, 0.6) is 0 Å². The summed E-state index contributed by atoms with van der Waals surface area (Å²) in [5.74, 6) is 0. The van der Waals surface area contributed by atoms with Crippen molar-refractivity contribution in [1.29, 1.82) is 0 Å². The summed E-state index contributed by atoms with van der Waals surface area (Å²) in [4.78, 5) is 0. The minimum atomic E-state index is -0.136. The predicted octanol–water partition coefficient (Wildman–Crippen LogP) is 14.0. The molecule has 4 heterocycles. The molecular formula is C55H40BN2OS. The van der Waals surface area contributed by atoms with Gasteiger partial charge in [-0.15, -0.1) is 11.3 Å². The molecule has 11 aromatic rings. The van der Waals surface area contributed by atoms with Crippen LogP contribution in [0.3, 0.4) is 0 Å². The SMILES string of the molecule is CC(C)(C)c1ccc(Nc2cc3c(cc2-c2ccc4c5cc6sc7ccccc7c6cc5n5c4c2[B]c2cc4c(cc2-5)oc2ccccc24)-c2ccccc2C3(C)C)cc1. The van der Waals surface area contributed by atoms with Gasteiger partial charge >= 0.3 is 0 Å². The highest BCUT2D eigenvalue weighted by Crippen LogP contribution is 2.52. The quantitative estimate of drug-likeness (QED) is 0.181. The lowest BCUT2D eigenvalue weighted by molar-refractivity contribution is 0.590. The van der Waals surface area contributed by atoms with Gasteiger partial charge < -0.3 is 14.3 Å². The van der Waals surface area contributed by atoms with Gasteiger partial charge in [-0.25, -0.2) is 0 Å². The zero-order valence-corrected chi connectivity index (χ0v) is 35.0. The number of anilines is 2. The van der Waals surface area contributed by atoms with E-state index in [1.165, 1.54) is 91.8 Å². The Balaban J connectivity index is 1.11. The van der Waals surface area contributed by atoms with Crippen LogP contribution in [0.1, 0.15) is 51.3 Å². The van der Waals surface area contributed by atoms with Crippen LogP contribution in [-0.4, -0.2) is 11.8 Å². The molecule has 1 N–H and O–H groups in total. The number of nitrogens with zero attached hydrogens (tertiary/aromatic N) is 1. The topological polar surface area (TPSA) is 30.1 Å².